The number of rotatable bonds is 6. The Morgan fingerprint density at radius 3 is 2.57 bits per heavy atom. The topological polar surface area (TPSA) is 38.3 Å². The van der Waals surface area contributed by atoms with Crippen LogP contribution >= 0.6 is 11.3 Å². The van der Waals surface area contributed by atoms with Crippen molar-refractivity contribution in [3.05, 3.63) is 51.7 Å². The number of carbonyl (C=O) groups is 1. The summed E-state index contributed by atoms with van der Waals surface area (Å²) < 4.78 is 5.75. The zero-order chi connectivity index (χ0) is 15.2. The molecule has 0 unspecified atom stereocenters. The lowest BCUT2D eigenvalue weighted by Crippen LogP contribution is -2.27. The van der Waals surface area contributed by atoms with E-state index in [2.05, 4.69) is 5.32 Å². The molecule has 0 aliphatic rings. The fourth-order valence-corrected chi connectivity index (χ4v) is 2.93. The van der Waals surface area contributed by atoms with Crippen LogP contribution in [-0.4, -0.2) is 12.5 Å². The lowest BCUT2D eigenvalue weighted by molar-refractivity contribution is -0.122. The molecule has 1 N–H and O–H groups in total. The number of amides is 1. The molecule has 21 heavy (non-hydrogen) atoms. The van der Waals surface area contributed by atoms with Gasteiger partial charge in [0.25, 0.3) is 0 Å². The van der Waals surface area contributed by atoms with Gasteiger partial charge in [-0.05, 0) is 43.3 Å². The molecule has 1 aromatic heterocycles. The van der Waals surface area contributed by atoms with Gasteiger partial charge < -0.3 is 10.1 Å². The van der Waals surface area contributed by atoms with Crippen LogP contribution in [-0.2, 0) is 4.79 Å². The van der Waals surface area contributed by atoms with Crippen molar-refractivity contribution in [3.63, 3.8) is 0 Å². The van der Waals surface area contributed by atoms with Crippen LogP contribution in [0.25, 0.3) is 0 Å². The van der Waals surface area contributed by atoms with E-state index in [9.17, 15) is 4.79 Å². The van der Waals surface area contributed by atoms with Crippen LogP contribution in [0, 0.1) is 13.8 Å². The number of carbonyl (C=O) groups excluding carboxylic acids is 1. The summed E-state index contributed by atoms with van der Waals surface area (Å²) in [5.74, 6) is 0.902. The summed E-state index contributed by atoms with van der Waals surface area (Å²) in [4.78, 5) is 13.1. The van der Waals surface area contributed by atoms with Crippen LogP contribution in [0.5, 0.6) is 5.75 Å². The number of hydrogen-bond acceptors (Lipinski definition) is 3. The number of nitrogens with one attached hydrogen (secondary N) is 1. The van der Waals surface area contributed by atoms with Crippen molar-refractivity contribution in [1.29, 1.82) is 0 Å². The minimum absolute atomic E-state index is 0.0159. The molecule has 1 heterocycles. The van der Waals surface area contributed by atoms with Gasteiger partial charge in [-0.15, -0.1) is 11.3 Å². The molecule has 2 rings (SSSR count). The monoisotopic (exact) mass is 303 g/mol. The zero-order valence-corrected chi connectivity index (χ0v) is 13.5. The third kappa shape index (κ3) is 4.33. The Hall–Kier alpha value is -1.81. The van der Waals surface area contributed by atoms with Crippen molar-refractivity contribution in [1.82, 2.24) is 5.32 Å². The fourth-order valence-electron chi connectivity index (χ4n) is 2.20. The summed E-state index contributed by atoms with van der Waals surface area (Å²) in [6.07, 6.45) is 0.365. The van der Waals surface area contributed by atoms with E-state index in [1.807, 2.05) is 56.5 Å². The average Bonchev–Trinajstić information content (AvgIpc) is 2.96. The molecule has 3 nitrogen and oxygen atoms in total. The van der Waals surface area contributed by atoms with E-state index in [1.54, 1.807) is 11.3 Å². The quantitative estimate of drug-likeness (QED) is 0.875. The number of hydrogen-bond donors (Lipinski definition) is 1. The van der Waals surface area contributed by atoms with E-state index < -0.39 is 0 Å². The first-order chi connectivity index (χ1) is 10.1. The highest BCUT2D eigenvalue weighted by molar-refractivity contribution is 7.10. The smallest absolute Gasteiger partial charge is 0.223 e. The van der Waals surface area contributed by atoms with Crippen LogP contribution in [0.1, 0.15) is 35.4 Å². The predicted octanol–water partition coefficient (Wildman–Crippen LogP) is 4.01. The van der Waals surface area contributed by atoms with Gasteiger partial charge in [0.2, 0.25) is 5.91 Å². The summed E-state index contributed by atoms with van der Waals surface area (Å²) in [6, 6.07) is 10.1. The lowest BCUT2D eigenvalue weighted by Gasteiger charge is -2.14. The van der Waals surface area contributed by atoms with Gasteiger partial charge in [0.1, 0.15) is 5.75 Å². The maximum atomic E-state index is 11.9. The van der Waals surface area contributed by atoms with Gasteiger partial charge >= 0.3 is 0 Å². The van der Waals surface area contributed by atoms with Gasteiger partial charge in [0, 0.05) is 4.88 Å². The summed E-state index contributed by atoms with van der Waals surface area (Å²) in [5.41, 5.74) is 2.20. The molecule has 1 amide bonds. The number of aryl methyl sites for hydroxylation is 2. The number of benzene rings is 1. The van der Waals surface area contributed by atoms with Crippen molar-refractivity contribution >= 4 is 17.2 Å². The molecule has 1 aromatic carbocycles. The van der Waals surface area contributed by atoms with Gasteiger partial charge in [-0.25, -0.2) is 0 Å². The Balaban J connectivity index is 1.79. The van der Waals surface area contributed by atoms with Gasteiger partial charge in [-0.2, -0.15) is 0 Å². The molecule has 1 atom stereocenters. The summed E-state index contributed by atoms with van der Waals surface area (Å²) in [6.45, 7) is 6.42. The van der Waals surface area contributed by atoms with Crippen molar-refractivity contribution in [3.8, 4) is 5.75 Å². The van der Waals surface area contributed by atoms with Gasteiger partial charge in [0.05, 0.1) is 19.1 Å². The second-order valence-electron chi connectivity index (χ2n) is 5.12. The molecule has 0 radical (unpaired) electrons. The third-order valence-electron chi connectivity index (χ3n) is 3.33. The van der Waals surface area contributed by atoms with E-state index in [-0.39, 0.29) is 11.9 Å². The van der Waals surface area contributed by atoms with Crippen LogP contribution in [0.4, 0.5) is 0 Å². The second-order valence-corrected chi connectivity index (χ2v) is 6.10. The molecule has 0 aliphatic heterocycles. The highest BCUT2D eigenvalue weighted by Crippen LogP contribution is 2.22. The molecule has 0 saturated heterocycles. The largest absolute Gasteiger partial charge is 0.493 e. The third-order valence-corrected chi connectivity index (χ3v) is 4.39. The van der Waals surface area contributed by atoms with Crippen LogP contribution in [0.3, 0.4) is 0 Å². The molecule has 4 heteroatoms. The first-order valence-corrected chi connectivity index (χ1v) is 7.97. The molecule has 0 fully saturated rings. The molecule has 2 aromatic rings. The first-order valence-electron chi connectivity index (χ1n) is 7.09. The summed E-state index contributed by atoms with van der Waals surface area (Å²) in [7, 11) is 0. The first kappa shape index (κ1) is 15.6. The predicted molar refractivity (Wildman–Crippen MR) is 86.9 cm³/mol. The van der Waals surface area contributed by atoms with E-state index in [0.717, 1.165) is 16.9 Å². The molecule has 0 bridgehead atoms. The standard InChI is InChI=1S/C17H21NO2S/c1-12-6-4-7-13(2)17(12)20-10-9-16(19)18-14(3)15-8-5-11-21-15/h4-8,11,14H,9-10H2,1-3H3,(H,18,19)/t14-/m1/s1. The Morgan fingerprint density at radius 1 is 1.24 bits per heavy atom. The minimum Gasteiger partial charge on any atom is -0.493 e. The molecular weight excluding hydrogens is 282 g/mol. The highest BCUT2D eigenvalue weighted by atomic mass is 32.1. The highest BCUT2D eigenvalue weighted by Gasteiger charge is 2.11. The maximum absolute atomic E-state index is 11.9. The Morgan fingerprint density at radius 2 is 1.95 bits per heavy atom. The molecule has 0 saturated carbocycles. The SMILES string of the molecule is Cc1cccc(C)c1OCCC(=O)N[C@H](C)c1cccs1. The van der Waals surface area contributed by atoms with Crippen molar-refractivity contribution in [2.45, 2.75) is 33.2 Å². The van der Waals surface area contributed by atoms with E-state index in [1.165, 1.54) is 4.88 Å². The Bertz CT molecular complexity index is 573. The second kappa shape index (κ2) is 7.27. The average molecular weight is 303 g/mol. The minimum atomic E-state index is 0.0159. The lowest BCUT2D eigenvalue weighted by atomic mass is 10.1. The molecule has 0 spiro atoms. The van der Waals surface area contributed by atoms with Gasteiger partial charge in [0.15, 0.2) is 0 Å². The van der Waals surface area contributed by atoms with Crippen LogP contribution in [0.2, 0.25) is 0 Å². The van der Waals surface area contributed by atoms with Crippen molar-refractivity contribution < 1.29 is 9.53 Å². The molecular formula is C17H21NO2S. The van der Waals surface area contributed by atoms with E-state index >= 15 is 0 Å². The van der Waals surface area contributed by atoms with E-state index in [4.69, 9.17) is 4.74 Å². The zero-order valence-electron chi connectivity index (χ0n) is 12.7. The van der Waals surface area contributed by atoms with Gasteiger partial charge in [-0.3, -0.25) is 4.79 Å². The van der Waals surface area contributed by atoms with Crippen LogP contribution < -0.4 is 10.1 Å². The van der Waals surface area contributed by atoms with Crippen molar-refractivity contribution in [2.24, 2.45) is 0 Å². The number of thiophene rings is 1. The summed E-state index contributed by atoms with van der Waals surface area (Å²) in [5, 5.41) is 5.01. The Kier molecular flexibility index (Phi) is 5.39. The Labute approximate surface area is 130 Å². The van der Waals surface area contributed by atoms with Gasteiger partial charge in [-0.1, -0.05) is 24.3 Å². The normalized spacial score (nSPS) is 12.0. The molecule has 112 valence electrons. The maximum Gasteiger partial charge on any atom is 0.223 e. The van der Waals surface area contributed by atoms with Crippen LogP contribution in [0.15, 0.2) is 35.7 Å². The summed E-state index contributed by atoms with van der Waals surface area (Å²) >= 11 is 1.65. The number of ether oxygens (including phenoxy) is 1. The fraction of sp³-hybridized carbons (Fsp3) is 0.353. The number of para-hydroxylation sites is 1. The van der Waals surface area contributed by atoms with Crippen molar-refractivity contribution in [2.75, 3.05) is 6.61 Å². The molecule has 0 aliphatic carbocycles. The van der Waals surface area contributed by atoms with E-state index in [0.29, 0.717) is 13.0 Å².